The molecule has 0 N–H and O–H groups in total. The number of carbonyl (C=O) groups excluding carboxylic acids is 1. The molecule has 1 aliphatic heterocycles. The van der Waals surface area contributed by atoms with Gasteiger partial charge < -0.3 is 23.7 Å². The molecule has 3 aromatic rings. The normalized spacial score (nSPS) is 15.4. The number of methoxy groups -OCH3 is 1. The molecule has 0 saturated heterocycles. The zero-order valence-electron chi connectivity index (χ0n) is 20.5. The molecule has 0 fully saturated rings. The van der Waals surface area contributed by atoms with E-state index in [-0.39, 0.29) is 17.1 Å². The number of hydrogen-bond donors (Lipinski definition) is 0. The minimum atomic E-state index is -0.568. The quantitative estimate of drug-likeness (QED) is 0.469. The van der Waals surface area contributed by atoms with E-state index in [0.29, 0.717) is 53.6 Å². The van der Waals surface area contributed by atoms with E-state index in [1.807, 2.05) is 37.2 Å². The molecule has 0 bridgehead atoms. The molecule has 34 heavy (non-hydrogen) atoms. The zero-order chi connectivity index (χ0) is 24.4. The molecule has 1 atom stereocenters. The van der Waals surface area contributed by atoms with Crippen LogP contribution in [0.3, 0.4) is 0 Å². The predicted octanol–water partition coefficient (Wildman–Crippen LogP) is 4.33. The lowest BCUT2D eigenvalue weighted by Crippen LogP contribution is -2.35. The van der Waals surface area contributed by atoms with Crippen molar-refractivity contribution in [1.29, 1.82) is 0 Å². The number of amides is 1. The van der Waals surface area contributed by atoms with Gasteiger partial charge in [-0.15, -0.1) is 0 Å². The smallest absolute Gasteiger partial charge is 0.290 e. The number of ether oxygens (including phenoxy) is 2. The highest BCUT2D eigenvalue weighted by molar-refractivity contribution is 5.99. The first-order valence-corrected chi connectivity index (χ1v) is 11.6. The Morgan fingerprint density at radius 2 is 1.85 bits per heavy atom. The van der Waals surface area contributed by atoms with Crippen molar-refractivity contribution in [3.05, 3.63) is 69.6 Å². The topological polar surface area (TPSA) is 72.2 Å². The van der Waals surface area contributed by atoms with Gasteiger partial charge in [0.05, 0.1) is 30.7 Å². The lowest BCUT2D eigenvalue weighted by atomic mass is 9.98. The van der Waals surface area contributed by atoms with Crippen molar-refractivity contribution < 1.29 is 18.7 Å². The molecule has 1 aliphatic rings. The molecule has 180 valence electrons. The molecule has 0 aliphatic carbocycles. The molecule has 1 unspecified atom stereocenters. The monoisotopic (exact) mass is 464 g/mol. The van der Waals surface area contributed by atoms with Crippen LogP contribution in [0.1, 0.15) is 48.0 Å². The highest BCUT2D eigenvalue weighted by atomic mass is 16.5. The number of rotatable bonds is 9. The Labute approximate surface area is 199 Å². The van der Waals surface area contributed by atoms with Gasteiger partial charge in [-0.25, -0.2) is 0 Å². The second-order valence-electron chi connectivity index (χ2n) is 9.32. The maximum absolute atomic E-state index is 13.6. The lowest BCUT2D eigenvalue weighted by Gasteiger charge is -2.27. The lowest BCUT2D eigenvalue weighted by molar-refractivity contribution is 0.0716. The van der Waals surface area contributed by atoms with Crippen LogP contribution in [-0.4, -0.2) is 56.6 Å². The third-order valence-corrected chi connectivity index (χ3v) is 6.12. The Hall–Kier alpha value is -3.32. The zero-order valence-corrected chi connectivity index (χ0v) is 20.5. The van der Waals surface area contributed by atoms with Gasteiger partial charge in [0.25, 0.3) is 5.91 Å². The van der Waals surface area contributed by atoms with Crippen molar-refractivity contribution in [3.63, 3.8) is 0 Å². The fraction of sp³-hybridized carbons (Fsp3) is 0.407. The number of fused-ring (bicyclic) bond motifs is 2. The second kappa shape index (κ2) is 9.89. The molecule has 7 heteroatoms. The number of carbonyl (C=O) groups is 1. The van der Waals surface area contributed by atoms with E-state index in [4.69, 9.17) is 13.9 Å². The molecule has 1 aromatic heterocycles. The SMILES string of the molecule is COc1cc(C2c3c(oc4ccccc4c3=O)C(=O)N2CCN(C)C)ccc1OCCC(C)C. The summed E-state index contributed by atoms with van der Waals surface area (Å²) in [6.07, 6.45) is 0.932. The summed E-state index contributed by atoms with van der Waals surface area (Å²) in [6.45, 7) is 5.98. The molecule has 0 radical (unpaired) electrons. The molecule has 0 spiro atoms. The molecular formula is C27H32N2O5. The van der Waals surface area contributed by atoms with Gasteiger partial charge in [-0.05, 0) is 56.3 Å². The first-order valence-electron chi connectivity index (χ1n) is 11.6. The van der Waals surface area contributed by atoms with Crippen LogP contribution in [0.5, 0.6) is 11.5 Å². The summed E-state index contributed by atoms with van der Waals surface area (Å²) in [5, 5.41) is 0.467. The second-order valence-corrected chi connectivity index (χ2v) is 9.32. The Kier molecular flexibility index (Phi) is 6.93. The largest absolute Gasteiger partial charge is 0.493 e. The predicted molar refractivity (Wildman–Crippen MR) is 132 cm³/mol. The number of likely N-dealkylation sites (N-methyl/N-ethyl adjacent to an activating group) is 1. The highest BCUT2D eigenvalue weighted by Crippen LogP contribution is 2.40. The average Bonchev–Trinajstić information content (AvgIpc) is 3.09. The molecule has 2 heterocycles. The Morgan fingerprint density at radius 1 is 1.09 bits per heavy atom. The molecule has 1 amide bonds. The van der Waals surface area contributed by atoms with Crippen LogP contribution in [0.15, 0.2) is 51.7 Å². The van der Waals surface area contributed by atoms with E-state index in [0.717, 1.165) is 12.0 Å². The molecule has 0 saturated carbocycles. The van der Waals surface area contributed by atoms with Gasteiger partial charge in [-0.1, -0.05) is 32.0 Å². The third kappa shape index (κ3) is 4.53. The summed E-state index contributed by atoms with van der Waals surface area (Å²) in [7, 11) is 5.49. The Bertz CT molecular complexity index is 1250. The van der Waals surface area contributed by atoms with Crippen molar-refractivity contribution >= 4 is 16.9 Å². The summed E-state index contributed by atoms with van der Waals surface area (Å²) in [5.41, 5.74) is 1.39. The van der Waals surface area contributed by atoms with Crippen molar-refractivity contribution in [3.8, 4) is 11.5 Å². The van der Waals surface area contributed by atoms with Crippen LogP contribution in [0, 0.1) is 5.92 Å². The van der Waals surface area contributed by atoms with Crippen molar-refractivity contribution in [2.75, 3.05) is 40.9 Å². The van der Waals surface area contributed by atoms with Gasteiger partial charge in [0.2, 0.25) is 5.76 Å². The minimum Gasteiger partial charge on any atom is -0.493 e. The Morgan fingerprint density at radius 3 is 2.56 bits per heavy atom. The van der Waals surface area contributed by atoms with Crippen molar-refractivity contribution in [2.45, 2.75) is 26.3 Å². The van der Waals surface area contributed by atoms with E-state index in [1.165, 1.54) is 0 Å². The van der Waals surface area contributed by atoms with Gasteiger partial charge in [0, 0.05) is 13.1 Å². The minimum absolute atomic E-state index is 0.115. The average molecular weight is 465 g/mol. The van der Waals surface area contributed by atoms with Crippen molar-refractivity contribution in [2.24, 2.45) is 5.92 Å². The van der Waals surface area contributed by atoms with Gasteiger partial charge in [-0.2, -0.15) is 0 Å². The molecule has 7 nitrogen and oxygen atoms in total. The van der Waals surface area contributed by atoms with Crippen LogP contribution in [0.25, 0.3) is 11.0 Å². The van der Waals surface area contributed by atoms with Gasteiger partial charge in [0.15, 0.2) is 16.9 Å². The van der Waals surface area contributed by atoms with Crippen LogP contribution < -0.4 is 14.9 Å². The maximum atomic E-state index is 13.6. The van der Waals surface area contributed by atoms with Crippen LogP contribution in [0.2, 0.25) is 0 Å². The maximum Gasteiger partial charge on any atom is 0.290 e. The highest BCUT2D eigenvalue weighted by Gasteiger charge is 2.42. The molecular weight excluding hydrogens is 432 g/mol. The number of para-hydroxylation sites is 1. The van der Waals surface area contributed by atoms with E-state index in [9.17, 15) is 9.59 Å². The summed E-state index contributed by atoms with van der Waals surface area (Å²) >= 11 is 0. The standard InChI is InChI=1S/C27H32N2O5/c1-17(2)12-15-33-21-11-10-18(16-22(21)32-5)24-23-25(30)19-8-6-7-9-20(19)34-26(23)27(31)29(24)14-13-28(3)4/h6-11,16-17,24H,12-15H2,1-5H3. The number of nitrogens with zero attached hydrogens (tertiary/aromatic N) is 2. The third-order valence-electron chi connectivity index (χ3n) is 6.12. The van der Waals surface area contributed by atoms with Gasteiger partial charge in [0.1, 0.15) is 5.58 Å². The van der Waals surface area contributed by atoms with Crippen LogP contribution >= 0.6 is 0 Å². The summed E-state index contributed by atoms with van der Waals surface area (Å²) in [6, 6.07) is 12.1. The van der Waals surface area contributed by atoms with E-state index in [1.54, 1.807) is 36.3 Å². The van der Waals surface area contributed by atoms with E-state index < -0.39 is 6.04 Å². The summed E-state index contributed by atoms with van der Waals surface area (Å²) in [5.74, 6) is 1.58. The summed E-state index contributed by atoms with van der Waals surface area (Å²) < 4.78 is 17.5. The fourth-order valence-electron chi connectivity index (χ4n) is 4.23. The van der Waals surface area contributed by atoms with Gasteiger partial charge >= 0.3 is 0 Å². The fourth-order valence-corrected chi connectivity index (χ4v) is 4.23. The van der Waals surface area contributed by atoms with Gasteiger partial charge in [-0.3, -0.25) is 9.59 Å². The summed E-state index contributed by atoms with van der Waals surface area (Å²) in [4.78, 5) is 30.7. The Balaban J connectivity index is 1.80. The van der Waals surface area contributed by atoms with Crippen molar-refractivity contribution in [1.82, 2.24) is 9.80 Å². The van der Waals surface area contributed by atoms with E-state index in [2.05, 4.69) is 13.8 Å². The first-order chi connectivity index (χ1) is 16.3. The number of hydrogen-bond acceptors (Lipinski definition) is 6. The van der Waals surface area contributed by atoms with E-state index >= 15 is 0 Å². The van der Waals surface area contributed by atoms with Crippen LogP contribution in [0.4, 0.5) is 0 Å². The molecule has 2 aromatic carbocycles. The first kappa shape index (κ1) is 23.8. The number of benzene rings is 2. The van der Waals surface area contributed by atoms with Crippen LogP contribution in [-0.2, 0) is 0 Å². The molecule has 4 rings (SSSR count).